The first-order valence-corrected chi connectivity index (χ1v) is 4.04. The second-order valence-corrected chi connectivity index (χ2v) is 4.12. The van der Waals surface area contributed by atoms with Crippen LogP contribution in [0.1, 0.15) is 19.8 Å². The van der Waals surface area contributed by atoms with Gasteiger partial charge in [-0.25, -0.2) is 0 Å². The molecule has 11 heavy (non-hydrogen) atoms. The number of carboxylic acids is 1. The quantitative estimate of drug-likeness (QED) is 0.583. The number of hydrogen-bond acceptors (Lipinski definition) is 2. The first-order valence-electron chi connectivity index (χ1n) is 3.66. The molecule has 1 saturated heterocycles. The summed E-state index contributed by atoms with van der Waals surface area (Å²) >= 11 is 6.01. The van der Waals surface area contributed by atoms with E-state index >= 15 is 0 Å². The molecule has 0 spiro atoms. The summed E-state index contributed by atoms with van der Waals surface area (Å²) in [4.78, 5) is 10.2. The SMILES string of the molecule is CC1(Cl)CCNC(C(=O)O)C1. The molecular formula is C7H12ClNO2. The van der Waals surface area contributed by atoms with Gasteiger partial charge in [0, 0.05) is 4.87 Å². The van der Waals surface area contributed by atoms with E-state index in [2.05, 4.69) is 5.32 Å². The van der Waals surface area contributed by atoms with Gasteiger partial charge in [0.25, 0.3) is 0 Å². The minimum atomic E-state index is -0.809. The summed E-state index contributed by atoms with van der Waals surface area (Å²) in [7, 11) is 0. The van der Waals surface area contributed by atoms with E-state index in [0.717, 1.165) is 6.42 Å². The van der Waals surface area contributed by atoms with E-state index in [-0.39, 0.29) is 4.87 Å². The number of rotatable bonds is 1. The Morgan fingerprint density at radius 2 is 2.45 bits per heavy atom. The van der Waals surface area contributed by atoms with Gasteiger partial charge in [-0.1, -0.05) is 0 Å². The zero-order valence-corrected chi connectivity index (χ0v) is 7.19. The first kappa shape index (κ1) is 8.81. The Hall–Kier alpha value is -0.280. The van der Waals surface area contributed by atoms with Gasteiger partial charge in [0.15, 0.2) is 0 Å². The maximum Gasteiger partial charge on any atom is 0.320 e. The van der Waals surface area contributed by atoms with Crippen LogP contribution in [0.2, 0.25) is 0 Å². The number of alkyl halides is 1. The van der Waals surface area contributed by atoms with Crippen LogP contribution in [-0.2, 0) is 4.79 Å². The molecule has 64 valence electrons. The zero-order chi connectivity index (χ0) is 8.48. The van der Waals surface area contributed by atoms with Crippen molar-refractivity contribution in [1.29, 1.82) is 0 Å². The number of piperidine rings is 1. The molecule has 0 radical (unpaired) electrons. The topological polar surface area (TPSA) is 49.3 Å². The van der Waals surface area contributed by atoms with Crippen molar-refractivity contribution >= 4 is 17.6 Å². The summed E-state index contributed by atoms with van der Waals surface area (Å²) in [5, 5.41) is 11.5. The normalized spacial score (nSPS) is 38.5. The van der Waals surface area contributed by atoms with Crippen LogP contribution >= 0.6 is 11.6 Å². The van der Waals surface area contributed by atoms with Gasteiger partial charge in [-0.3, -0.25) is 4.79 Å². The second kappa shape index (κ2) is 2.99. The second-order valence-electron chi connectivity index (χ2n) is 3.21. The average molecular weight is 178 g/mol. The van der Waals surface area contributed by atoms with Crippen LogP contribution in [-0.4, -0.2) is 28.5 Å². The molecule has 2 unspecified atom stereocenters. The molecule has 1 aliphatic heterocycles. The standard InChI is InChI=1S/C7H12ClNO2/c1-7(8)2-3-9-5(4-7)6(10)11/h5,9H,2-4H2,1H3,(H,10,11). The lowest BCUT2D eigenvalue weighted by molar-refractivity contribution is -0.140. The molecule has 0 aromatic rings. The van der Waals surface area contributed by atoms with Gasteiger partial charge in [-0.2, -0.15) is 0 Å². The van der Waals surface area contributed by atoms with E-state index in [4.69, 9.17) is 16.7 Å². The highest BCUT2D eigenvalue weighted by Crippen LogP contribution is 2.27. The van der Waals surface area contributed by atoms with E-state index in [1.165, 1.54) is 0 Å². The van der Waals surface area contributed by atoms with Gasteiger partial charge in [0.1, 0.15) is 6.04 Å². The highest BCUT2D eigenvalue weighted by molar-refractivity contribution is 6.23. The zero-order valence-electron chi connectivity index (χ0n) is 6.43. The van der Waals surface area contributed by atoms with Gasteiger partial charge in [-0.15, -0.1) is 11.6 Å². The van der Waals surface area contributed by atoms with Gasteiger partial charge < -0.3 is 10.4 Å². The van der Waals surface area contributed by atoms with Gasteiger partial charge in [-0.05, 0) is 26.3 Å². The van der Waals surface area contributed by atoms with E-state index in [1.54, 1.807) is 0 Å². The van der Waals surface area contributed by atoms with Crippen molar-refractivity contribution in [3.05, 3.63) is 0 Å². The molecule has 2 N–H and O–H groups in total. The molecule has 0 amide bonds. The summed E-state index contributed by atoms with van der Waals surface area (Å²) in [5.74, 6) is -0.809. The highest BCUT2D eigenvalue weighted by Gasteiger charge is 2.33. The van der Waals surface area contributed by atoms with Crippen molar-refractivity contribution < 1.29 is 9.90 Å². The number of halogens is 1. The third kappa shape index (κ3) is 2.34. The monoisotopic (exact) mass is 177 g/mol. The number of hydrogen-bond donors (Lipinski definition) is 2. The van der Waals surface area contributed by atoms with Crippen LogP contribution in [0.25, 0.3) is 0 Å². The molecule has 0 bridgehead atoms. The average Bonchev–Trinajstić information content (AvgIpc) is 1.85. The predicted octanol–water partition coefficient (Wildman–Crippen LogP) is 0.821. The molecule has 0 aliphatic carbocycles. The van der Waals surface area contributed by atoms with Crippen LogP contribution in [0.3, 0.4) is 0 Å². The Labute approximate surface area is 70.7 Å². The predicted molar refractivity (Wildman–Crippen MR) is 42.9 cm³/mol. The van der Waals surface area contributed by atoms with Crippen LogP contribution < -0.4 is 5.32 Å². The summed E-state index contributed by atoms with van der Waals surface area (Å²) < 4.78 is 0. The van der Waals surface area contributed by atoms with Crippen molar-refractivity contribution in [2.24, 2.45) is 0 Å². The highest BCUT2D eigenvalue weighted by atomic mass is 35.5. The van der Waals surface area contributed by atoms with Crippen LogP contribution in [0.15, 0.2) is 0 Å². The first-order chi connectivity index (χ1) is 5.01. The molecule has 0 aromatic carbocycles. The fourth-order valence-corrected chi connectivity index (χ4v) is 1.53. The third-order valence-electron chi connectivity index (χ3n) is 1.96. The molecule has 1 aliphatic rings. The van der Waals surface area contributed by atoms with Crippen LogP contribution in [0.4, 0.5) is 0 Å². The smallest absolute Gasteiger partial charge is 0.320 e. The van der Waals surface area contributed by atoms with Crippen molar-refractivity contribution in [1.82, 2.24) is 5.32 Å². The Balaban J connectivity index is 2.53. The maximum atomic E-state index is 10.5. The van der Waals surface area contributed by atoms with Gasteiger partial charge >= 0.3 is 5.97 Å². The summed E-state index contributed by atoms with van der Waals surface area (Å²) in [6.45, 7) is 2.57. The Morgan fingerprint density at radius 1 is 1.82 bits per heavy atom. The lowest BCUT2D eigenvalue weighted by Gasteiger charge is -2.31. The number of carbonyl (C=O) groups is 1. The Kier molecular flexibility index (Phi) is 2.40. The Morgan fingerprint density at radius 3 is 2.82 bits per heavy atom. The number of carboxylic acid groups (broad SMARTS) is 1. The minimum absolute atomic E-state index is 0.339. The summed E-state index contributed by atoms with van der Waals surface area (Å²) in [6.07, 6.45) is 1.34. The van der Waals surface area contributed by atoms with Crippen LogP contribution in [0, 0.1) is 0 Å². The lowest BCUT2D eigenvalue weighted by Crippen LogP contribution is -2.47. The van der Waals surface area contributed by atoms with Crippen molar-refractivity contribution in [3.63, 3.8) is 0 Å². The van der Waals surface area contributed by atoms with Crippen molar-refractivity contribution in [2.45, 2.75) is 30.7 Å². The van der Waals surface area contributed by atoms with E-state index in [1.807, 2.05) is 6.92 Å². The van der Waals surface area contributed by atoms with Crippen LogP contribution in [0.5, 0.6) is 0 Å². The molecule has 1 rings (SSSR count). The largest absolute Gasteiger partial charge is 0.480 e. The number of aliphatic carboxylic acids is 1. The number of nitrogens with one attached hydrogen (secondary N) is 1. The summed E-state index contributed by atoms with van der Waals surface area (Å²) in [6, 6.07) is -0.466. The fourth-order valence-electron chi connectivity index (χ4n) is 1.28. The van der Waals surface area contributed by atoms with Crippen molar-refractivity contribution in [3.8, 4) is 0 Å². The molecule has 3 nitrogen and oxygen atoms in total. The van der Waals surface area contributed by atoms with Gasteiger partial charge in [0.05, 0.1) is 0 Å². The maximum absolute atomic E-state index is 10.5. The molecule has 0 aromatic heterocycles. The third-order valence-corrected chi connectivity index (χ3v) is 2.31. The molecule has 0 saturated carbocycles. The molecule has 4 heteroatoms. The Bertz CT molecular complexity index is 170. The minimum Gasteiger partial charge on any atom is -0.480 e. The van der Waals surface area contributed by atoms with E-state index in [9.17, 15) is 4.79 Å². The lowest BCUT2D eigenvalue weighted by atomic mass is 9.93. The van der Waals surface area contributed by atoms with Gasteiger partial charge in [0.2, 0.25) is 0 Å². The molecular weight excluding hydrogens is 166 g/mol. The van der Waals surface area contributed by atoms with E-state index in [0.29, 0.717) is 13.0 Å². The molecule has 1 fully saturated rings. The fraction of sp³-hybridized carbons (Fsp3) is 0.857. The van der Waals surface area contributed by atoms with E-state index < -0.39 is 12.0 Å². The molecule has 2 atom stereocenters. The molecule has 1 heterocycles. The summed E-state index contributed by atoms with van der Waals surface area (Å²) in [5.41, 5.74) is 0. The van der Waals surface area contributed by atoms with Crippen molar-refractivity contribution in [2.75, 3.05) is 6.54 Å².